The first-order valence-corrected chi connectivity index (χ1v) is 7.15. The summed E-state index contributed by atoms with van der Waals surface area (Å²) in [6, 6.07) is 7.91. The van der Waals surface area contributed by atoms with Gasteiger partial charge in [-0.1, -0.05) is 11.8 Å². The lowest BCUT2D eigenvalue weighted by Crippen LogP contribution is -2.04. The van der Waals surface area contributed by atoms with Gasteiger partial charge in [0.1, 0.15) is 11.6 Å². The van der Waals surface area contributed by atoms with Crippen LogP contribution in [0.4, 0.5) is 4.39 Å². The number of thioether (sulfide) groups is 1. The number of halogens is 1. The van der Waals surface area contributed by atoms with Crippen LogP contribution in [-0.2, 0) is 11.3 Å². The SMILES string of the molecule is O=C(O)CSc1nc2cc(F)ccc2n1Cc1ccco1. The molecule has 0 atom stereocenters. The summed E-state index contributed by atoms with van der Waals surface area (Å²) in [6.07, 6.45) is 1.57. The molecule has 7 heteroatoms. The van der Waals surface area contributed by atoms with Crippen LogP contribution in [0.15, 0.2) is 46.2 Å². The molecule has 0 unspecified atom stereocenters. The van der Waals surface area contributed by atoms with Crippen molar-refractivity contribution >= 4 is 28.8 Å². The standard InChI is InChI=1S/C14H11FN2O3S/c15-9-3-4-12-11(6-9)16-14(21-8-13(18)19)17(12)7-10-2-1-5-20-10/h1-6H,7-8H2,(H,18,19). The molecule has 0 amide bonds. The fourth-order valence-corrected chi connectivity index (χ4v) is 2.76. The van der Waals surface area contributed by atoms with E-state index in [9.17, 15) is 9.18 Å². The van der Waals surface area contributed by atoms with Gasteiger partial charge in [0.05, 0.1) is 29.6 Å². The van der Waals surface area contributed by atoms with Crippen molar-refractivity contribution in [3.05, 3.63) is 48.2 Å². The monoisotopic (exact) mass is 306 g/mol. The maximum Gasteiger partial charge on any atom is 0.313 e. The number of carboxylic acid groups (broad SMARTS) is 1. The fraction of sp³-hybridized carbons (Fsp3) is 0.143. The number of imidazole rings is 1. The molecule has 0 aliphatic rings. The summed E-state index contributed by atoms with van der Waals surface area (Å²) in [5.41, 5.74) is 1.23. The van der Waals surface area contributed by atoms with E-state index >= 15 is 0 Å². The summed E-state index contributed by atoms with van der Waals surface area (Å²) >= 11 is 1.10. The zero-order valence-electron chi connectivity index (χ0n) is 10.8. The first kappa shape index (κ1) is 13.7. The second kappa shape index (κ2) is 5.61. The Morgan fingerprint density at radius 2 is 2.29 bits per heavy atom. The lowest BCUT2D eigenvalue weighted by atomic mass is 10.3. The number of benzene rings is 1. The van der Waals surface area contributed by atoms with E-state index in [1.807, 2.05) is 10.6 Å². The molecule has 0 aliphatic carbocycles. The molecule has 2 aromatic heterocycles. The Labute approximate surface area is 123 Å². The molecule has 108 valence electrons. The zero-order valence-corrected chi connectivity index (χ0v) is 11.6. The van der Waals surface area contributed by atoms with Gasteiger partial charge in [-0.15, -0.1) is 0 Å². The fourth-order valence-electron chi connectivity index (χ4n) is 2.03. The van der Waals surface area contributed by atoms with E-state index in [1.165, 1.54) is 12.1 Å². The average molecular weight is 306 g/mol. The number of aliphatic carboxylic acids is 1. The van der Waals surface area contributed by atoms with Crippen molar-refractivity contribution in [3.8, 4) is 0 Å². The number of carbonyl (C=O) groups is 1. The highest BCUT2D eigenvalue weighted by Crippen LogP contribution is 2.25. The van der Waals surface area contributed by atoms with Gasteiger partial charge in [-0.2, -0.15) is 0 Å². The normalized spacial score (nSPS) is 11.1. The van der Waals surface area contributed by atoms with E-state index in [4.69, 9.17) is 9.52 Å². The summed E-state index contributed by atoms with van der Waals surface area (Å²) in [5.74, 6) is -0.692. The van der Waals surface area contributed by atoms with Gasteiger partial charge in [0.25, 0.3) is 0 Å². The van der Waals surface area contributed by atoms with E-state index < -0.39 is 5.97 Å². The molecule has 3 rings (SSSR count). The van der Waals surface area contributed by atoms with Crippen LogP contribution in [0.3, 0.4) is 0 Å². The Hall–Kier alpha value is -2.28. The summed E-state index contributed by atoms with van der Waals surface area (Å²) in [7, 11) is 0. The number of hydrogen-bond donors (Lipinski definition) is 1. The Morgan fingerprint density at radius 1 is 1.43 bits per heavy atom. The maximum absolute atomic E-state index is 13.3. The van der Waals surface area contributed by atoms with Crippen LogP contribution in [0.2, 0.25) is 0 Å². The van der Waals surface area contributed by atoms with E-state index in [0.29, 0.717) is 17.2 Å². The van der Waals surface area contributed by atoms with Gasteiger partial charge < -0.3 is 14.1 Å². The Balaban J connectivity index is 2.03. The van der Waals surface area contributed by atoms with Crippen LogP contribution in [0.5, 0.6) is 0 Å². The maximum atomic E-state index is 13.3. The molecule has 21 heavy (non-hydrogen) atoms. The minimum Gasteiger partial charge on any atom is -0.481 e. The van der Waals surface area contributed by atoms with E-state index in [2.05, 4.69) is 4.98 Å². The third-order valence-electron chi connectivity index (χ3n) is 2.89. The topological polar surface area (TPSA) is 68.3 Å². The Kier molecular flexibility index (Phi) is 3.66. The zero-order chi connectivity index (χ0) is 14.8. The molecule has 1 N–H and O–H groups in total. The number of nitrogens with zero attached hydrogens (tertiary/aromatic N) is 2. The van der Waals surface area contributed by atoms with Crippen molar-refractivity contribution in [2.24, 2.45) is 0 Å². The number of carboxylic acids is 1. The molecule has 0 fully saturated rings. The molecule has 3 aromatic rings. The number of rotatable bonds is 5. The molecule has 0 spiro atoms. The van der Waals surface area contributed by atoms with Gasteiger partial charge in [0.2, 0.25) is 0 Å². The predicted molar refractivity (Wildman–Crippen MR) is 75.9 cm³/mol. The Morgan fingerprint density at radius 3 is 3.00 bits per heavy atom. The number of hydrogen-bond acceptors (Lipinski definition) is 4. The number of aromatic nitrogens is 2. The van der Waals surface area contributed by atoms with Crippen molar-refractivity contribution < 1.29 is 18.7 Å². The van der Waals surface area contributed by atoms with Crippen LogP contribution < -0.4 is 0 Å². The minimum atomic E-state index is -0.928. The molecule has 0 saturated heterocycles. The van der Waals surface area contributed by atoms with Gasteiger partial charge in [0.15, 0.2) is 5.16 Å². The van der Waals surface area contributed by atoms with Crippen LogP contribution in [-0.4, -0.2) is 26.4 Å². The van der Waals surface area contributed by atoms with Gasteiger partial charge in [-0.25, -0.2) is 9.37 Å². The molecular formula is C14H11FN2O3S. The average Bonchev–Trinajstić information content (AvgIpc) is 3.05. The highest BCUT2D eigenvalue weighted by molar-refractivity contribution is 7.99. The van der Waals surface area contributed by atoms with E-state index in [-0.39, 0.29) is 11.6 Å². The predicted octanol–water partition coefficient (Wildman–Crippen LogP) is 2.99. The molecule has 1 aromatic carbocycles. The molecule has 0 radical (unpaired) electrons. The highest BCUT2D eigenvalue weighted by atomic mass is 32.2. The second-order valence-electron chi connectivity index (χ2n) is 4.38. The van der Waals surface area contributed by atoms with Crippen LogP contribution in [0, 0.1) is 5.82 Å². The molecule has 0 aliphatic heterocycles. The first-order valence-electron chi connectivity index (χ1n) is 6.16. The minimum absolute atomic E-state index is 0.107. The smallest absolute Gasteiger partial charge is 0.313 e. The number of furan rings is 1. The third kappa shape index (κ3) is 2.92. The van der Waals surface area contributed by atoms with E-state index in [1.54, 1.807) is 18.4 Å². The first-order chi connectivity index (χ1) is 10.1. The highest BCUT2D eigenvalue weighted by Gasteiger charge is 2.14. The second-order valence-corrected chi connectivity index (χ2v) is 5.32. The largest absolute Gasteiger partial charge is 0.481 e. The number of fused-ring (bicyclic) bond motifs is 1. The van der Waals surface area contributed by atoms with Gasteiger partial charge >= 0.3 is 5.97 Å². The third-order valence-corrected chi connectivity index (χ3v) is 3.86. The summed E-state index contributed by atoms with van der Waals surface area (Å²) < 4.78 is 20.4. The molecule has 5 nitrogen and oxygen atoms in total. The van der Waals surface area contributed by atoms with Crippen LogP contribution in [0.25, 0.3) is 11.0 Å². The lowest BCUT2D eigenvalue weighted by molar-refractivity contribution is -0.133. The van der Waals surface area contributed by atoms with Gasteiger partial charge in [-0.3, -0.25) is 4.79 Å². The summed E-state index contributed by atoms with van der Waals surface area (Å²) in [6.45, 7) is 0.414. The molecule has 0 bridgehead atoms. The van der Waals surface area contributed by atoms with Crippen molar-refractivity contribution in [1.29, 1.82) is 0 Å². The van der Waals surface area contributed by atoms with Crippen molar-refractivity contribution in [2.75, 3.05) is 5.75 Å². The van der Waals surface area contributed by atoms with Crippen molar-refractivity contribution in [2.45, 2.75) is 11.7 Å². The molecule has 0 saturated carbocycles. The van der Waals surface area contributed by atoms with Crippen molar-refractivity contribution in [3.63, 3.8) is 0 Å². The van der Waals surface area contributed by atoms with Gasteiger partial charge in [-0.05, 0) is 24.3 Å². The quantitative estimate of drug-likeness (QED) is 0.734. The van der Waals surface area contributed by atoms with Crippen LogP contribution in [0.1, 0.15) is 5.76 Å². The summed E-state index contributed by atoms with van der Waals surface area (Å²) in [5, 5.41) is 9.33. The molecule has 2 heterocycles. The van der Waals surface area contributed by atoms with E-state index in [0.717, 1.165) is 23.0 Å². The summed E-state index contributed by atoms with van der Waals surface area (Å²) in [4.78, 5) is 15.0. The van der Waals surface area contributed by atoms with Gasteiger partial charge in [0, 0.05) is 6.07 Å². The molecular weight excluding hydrogens is 295 g/mol. The lowest BCUT2D eigenvalue weighted by Gasteiger charge is -2.06. The van der Waals surface area contributed by atoms with Crippen molar-refractivity contribution in [1.82, 2.24) is 9.55 Å². The van der Waals surface area contributed by atoms with Crippen LogP contribution >= 0.6 is 11.8 Å². The Bertz CT molecular complexity index is 783.